The van der Waals surface area contributed by atoms with Crippen LogP contribution in [0.15, 0.2) is 41.1 Å². The van der Waals surface area contributed by atoms with Crippen LogP contribution in [0.3, 0.4) is 0 Å². The van der Waals surface area contributed by atoms with Crippen molar-refractivity contribution in [2.24, 2.45) is 11.8 Å². The summed E-state index contributed by atoms with van der Waals surface area (Å²) in [4.78, 5) is 24.5. The molecule has 0 aliphatic heterocycles. The molecule has 0 unspecified atom stereocenters. The third-order valence-corrected chi connectivity index (χ3v) is 5.84. The van der Waals surface area contributed by atoms with Crippen LogP contribution in [-0.4, -0.2) is 22.6 Å². The van der Waals surface area contributed by atoms with Crippen molar-refractivity contribution < 1.29 is 19.4 Å². The van der Waals surface area contributed by atoms with E-state index in [1.165, 1.54) is 11.1 Å². The SMILES string of the molecule is CCCC[C@@H](C[C@@H](CCc1ccc(-c2ccsc2)cc1)C(=O)O)C(=O)OC(C)(C)C. The highest BCUT2D eigenvalue weighted by molar-refractivity contribution is 7.08. The molecule has 5 heteroatoms. The molecule has 2 rings (SSSR count). The molecule has 164 valence electrons. The minimum absolute atomic E-state index is 0.276. The van der Waals surface area contributed by atoms with E-state index in [0.29, 0.717) is 25.7 Å². The molecule has 1 heterocycles. The molecule has 0 amide bonds. The molecule has 0 spiro atoms. The topological polar surface area (TPSA) is 63.6 Å². The Morgan fingerprint density at radius 1 is 1.03 bits per heavy atom. The molecule has 1 N–H and O–H groups in total. The highest BCUT2D eigenvalue weighted by Gasteiger charge is 2.30. The van der Waals surface area contributed by atoms with Crippen LogP contribution >= 0.6 is 11.3 Å². The van der Waals surface area contributed by atoms with Gasteiger partial charge in [0.2, 0.25) is 0 Å². The van der Waals surface area contributed by atoms with Gasteiger partial charge in [0.15, 0.2) is 0 Å². The Labute approximate surface area is 184 Å². The molecule has 2 atom stereocenters. The van der Waals surface area contributed by atoms with Crippen LogP contribution in [0, 0.1) is 11.8 Å². The van der Waals surface area contributed by atoms with Gasteiger partial charge in [0.05, 0.1) is 11.8 Å². The van der Waals surface area contributed by atoms with Gasteiger partial charge >= 0.3 is 11.9 Å². The van der Waals surface area contributed by atoms with Crippen molar-refractivity contribution in [2.75, 3.05) is 0 Å². The quantitative estimate of drug-likeness (QED) is 0.409. The van der Waals surface area contributed by atoms with E-state index in [4.69, 9.17) is 4.74 Å². The summed E-state index contributed by atoms with van der Waals surface area (Å²) in [6.45, 7) is 7.60. The van der Waals surface area contributed by atoms with E-state index >= 15 is 0 Å². The summed E-state index contributed by atoms with van der Waals surface area (Å²) in [5, 5.41) is 13.9. The van der Waals surface area contributed by atoms with Crippen molar-refractivity contribution in [1.29, 1.82) is 0 Å². The first-order chi connectivity index (χ1) is 14.2. The number of esters is 1. The van der Waals surface area contributed by atoms with Gasteiger partial charge in [0, 0.05) is 0 Å². The van der Waals surface area contributed by atoms with Crippen LogP contribution < -0.4 is 0 Å². The van der Waals surface area contributed by atoms with Gasteiger partial charge in [-0.05, 0) is 80.0 Å². The average Bonchev–Trinajstić information content (AvgIpc) is 3.21. The fourth-order valence-corrected chi connectivity index (χ4v) is 4.15. The van der Waals surface area contributed by atoms with Crippen LogP contribution in [0.25, 0.3) is 11.1 Å². The number of unbranched alkanes of at least 4 members (excludes halogenated alkanes) is 1. The summed E-state index contributed by atoms with van der Waals surface area (Å²) >= 11 is 1.67. The second kappa shape index (κ2) is 11.3. The monoisotopic (exact) mass is 430 g/mol. The van der Waals surface area contributed by atoms with Crippen molar-refractivity contribution >= 4 is 23.3 Å². The first kappa shape index (κ1) is 24.1. The second-order valence-electron chi connectivity index (χ2n) is 8.89. The zero-order valence-electron chi connectivity index (χ0n) is 18.5. The molecular formula is C25H34O4S. The molecule has 0 aliphatic rings. The molecule has 2 aromatic rings. The zero-order chi connectivity index (χ0) is 22.1. The smallest absolute Gasteiger partial charge is 0.309 e. The van der Waals surface area contributed by atoms with Crippen LogP contribution in [-0.2, 0) is 20.7 Å². The predicted molar refractivity (Wildman–Crippen MR) is 123 cm³/mol. The van der Waals surface area contributed by atoms with Gasteiger partial charge < -0.3 is 9.84 Å². The molecule has 0 saturated carbocycles. The molecular weight excluding hydrogens is 396 g/mol. The Hall–Kier alpha value is -2.14. The standard InChI is InChI=1S/C25H34O4S/c1-5-6-7-21(24(28)29-25(2,3)4)16-20(23(26)27)13-10-18-8-11-19(12-9-18)22-14-15-30-17-22/h8-9,11-12,14-15,17,20-21H,5-7,10,13,16H2,1-4H3,(H,26,27)/t20-,21+/m1/s1. The maximum atomic E-state index is 12.6. The lowest BCUT2D eigenvalue weighted by molar-refractivity contribution is -0.161. The number of aliphatic carboxylic acids is 1. The average molecular weight is 431 g/mol. The zero-order valence-corrected chi connectivity index (χ0v) is 19.3. The van der Waals surface area contributed by atoms with Gasteiger partial charge in [0.1, 0.15) is 5.60 Å². The number of ether oxygens (including phenoxy) is 1. The van der Waals surface area contributed by atoms with Crippen LogP contribution in [0.2, 0.25) is 0 Å². The van der Waals surface area contributed by atoms with E-state index in [-0.39, 0.29) is 11.9 Å². The van der Waals surface area contributed by atoms with Gasteiger partial charge in [-0.1, -0.05) is 44.0 Å². The van der Waals surface area contributed by atoms with Crippen LogP contribution in [0.4, 0.5) is 0 Å². The number of thiophene rings is 1. The summed E-state index contributed by atoms with van der Waals surface area (Å²) in [5.74, 6) is -2.04. The summed E-state index contributed by atoms with van der Waals surface area (Å²) in [6, 6.07) is 10.4. The van der Waals surface area contributed by atoms with Crippen molar-refractivity contribution in [3.63, 3.8) is 0 Å². The summed E-state index contributed by atoms with van der Waals surface area (Å²) < 4.78 is 5.56. The lowest BCUT2D eigenvalue weighted by atomic mass is 9.87. The lowest BCUT2D eigenvalue weighted by Crippen LogP contribution is -2.31. The van der Waals surface area contributed by atoms with Crippen LogP contribution in [0.5, 0.6) is 0 Å². The van der Waals surface area contributed by atoms with Gasteiger partial charge in [-0.15, -0.1) is 0 Å². The highest BCUT2D eigenvalue weighted by Crippen LogP contribution is 2.27. The maximum absolute atomic E-state index is 12.6. The number of hydrogen-bond acceptors (Lipinski definition) is 4. The minimum Gasteiger partial charge on any atom is -0.481 e. The van der Waals surface area contributed by atoms with Gasteiger partial charge in [-0.2, -0.15) is 11.3 Å². The third kappa shape index (κ3) is 7.94. The van der Waals surface area contributed by atoms with E-state index < -0.39 is 17.5 Å². The highest BCUT2D eigenvalue weighted by atomic mass is 32.1. The van der Waals surface area contributed by atoms with E-state index in [9.17, 15) is 14.7 Å². The molecule has 0 fully saturated rings. The summed E-state index contributed by atoms with van der Waals surface area (Å²) in [7, 11) is 0. The molecule has 1 aromatic carbocycles. The van der Waals surface area contributed by atoms with E-state index in [1.54, 1.807) is 11.3 Å². The third-order valence-electron chi connectivity index (χ3n) is 5.15. The van der Waals surface area contributed by atoms with Gasteiger partial charge in [-0.25, -0.2) is 0 Å². The number of carbonyl (C=O) groups excluding carboxylic acids is 1. The maximum Gasteiger partial charge on any atom is 0.309 e. The minimum atomic E-state index is -0.838. The molecule has 4 nitrogen and oxygen atoms in total. The first-order valence-electron chi connectivity index (χ1n) is 10.8. The fraction of sp³-hybridized carbons (Fsp3) is 0.520. The van der Waals surface area contributed by atoms with Crippen molar-refractivity contribution in [3.05, 3.63) is 46.7 Å². The normalized spacial score (nSPS) is 13.6. The number of carboxylic acids is 1. The Balaban J connectivity index is 2.00. The summed E-state index contributed by atoms with van der Waals surface area (Å²) in [5.41, 5.74) is 2.91. The van der Waals surface area contributed by atoms with E-state index in [1.807, 2.05) is 20.8 Å². The number of aryl methyl sites for hydroxylation is 1. The Morgan fingerprint density at radius 2 is 1.73 bits per heavy atom. The summed E-state index contributed by atoms with van der Waals surface area (Å²) in [6.07, 6.45) is 4.05. The van der Waals surface area contributed by atoms with E-state index in [2.05, 4.69) is 48.0 Å². The molecule has 0 radical (unpaired) electrons. The number of benzene rings is 1. The van der Waals surface area contributed by atoms with Gasteiger partial charge in [0.25, 0.3) is 0 Å². The molecule has 1 aromatic heterocycles. The lowest BCUT2D eigenvalue weighted by Gasteiger charge is -2.25. The fourth-order valence-electron chi connectivity index (χ4n) is 3.49. The van der Waals surface area contributed by atoms with Crippen molar-refractivity contribution in [2.45, 2.75) is 71.8 Å². The van der Waals surface area contributed by atoms with Crippen LogP contribution in [0.1, 0.15) is 65.4 Å². The Morgan fingerprint density at radius 3 is 2.27 bits per heavy atom. The molecule has 30 heavy (non-hydrogen) atoms. The van der Waals surface area contributed by atoms with Gasteiger partial charge in [-0.3, -0.25) is 9.59 Å². The van der Waals surface area contributed by atoms with Crippen molar-refractivity contribution in [1.82, 2.24) is 0 Å². The Kier molecular flexibility index (Phi) is 9.09. The molecule has 0 aliphatic carbocycles. The number of carbonyl (C=O) groups is 2. The second-order valence-corrected chi connectivity index (χ2v) is 9.67. The predicted octanol–water partition coefficient (Wildman–Crippen LogP) is 6.59. The molecule has 0 bridgehead atoms. The molecule has 0 saturated heterocycles. The number of rotatable bonds is 11. The van der Waals surface area contributed by atoms with E-state index in [0.717, 1.165) is 18.4 Å². The largest absolute Gasteiger partial charge is 0.481 e. The van der Waals surface area contributed by atoms with Crippen molar-refractivity contribution in [3.8, 4) is 11.1 Å². The Bertz CT molecular complexity index is 788. The number of carboxylic acid groups (broad SMARTS) is 1. The number of hydrogen-bond donors (Lipinski definition) is 1. The first-order valence-corrected chi connectivity index (χ1v) is 11.7.